The fourth-order valence-corrected chi connectivity index (χ4v) is 3.30. The number of rotatable bonds is 6. The highest BCUT2D eigenvalue weighted by Gasteiger charge is 2.10. The second-order valence-corrected chi connectivity index (χ2v) is 7.32. The SMILES string of the molecule is S=C(Nc1cnn(Cc2ccccc2)c1)Nc1nn(Cc2ccccc2)cc1Cl. The summed E-state index contributed by atoms with van der Waals surface area (Å²) in [5, 5.41) is 15.9. The lowest BCUT2D eigenvalue weighted by atomic mass is 10.2. The Kier molecular flexibility index (Phi) is 5.88. The summed E-state index contributed by atoms with van der Waals surface area (Å²) in [5.74, 6) is 0.511. The molecule has 2 heterocycles. The Labute approximate surface area is 179 Å². The molecule has 4 rings (SSSR count). The van der Waals surface area contributed by atoms with Crippen molar-refractivity contribution in [2.45, 2.75) is 13.1 Å². The Balaban J connectivity index is 1.35. The van der Waals surface area contributed by atoms with Crippen molar-refractivity contribution in [1.82, 2.24) is 19.6 Å². The molecular formula is C21H19ClN6S. The average molecular weight is 423 g/mol. The first-order valence-electron chi connectivity index (χ1n) is 9.07. The number of aromatic nitrogens is 4. The lowest BCUT2D eigenvalue weighted by molar-refractivity contribution is 0.687. The fraction of sp³-hybridized carbons (Fsp3) is 0.0952. The van der Waals surface area contributed by atoms with Gasteiger partial charge < -0.3 is 10.6 Å². The molecule has 0 unspecified atom stereocenters. The van der Waals surface area contributed by atoms with E-state index in [1.54, 1.807) is 17.1 Å². The number of nitrogens with zero attached hydrogens (tertiary/aromatic N) is 4. The van der Waals surface area contributed by atoms with E-state index in [4.69, 9.17) is 23.8 Å². The number of benzene rings is 2. The fourth-order valence-electron chi connectivity index (χ4n) is 2.89. The van der Waals surface area contributed by atoms with Crippen molar-refractivity contribution in [1.29, 1.82) is 0 Å². The second-order valence-electron chi connectivity index (χ2n) is 6.50. The maximum Gasteiger partial charge on any atom is 0.176 e. The van der Waals surface area contributed by atoms with Crippen molar-refractivity contribution in [3.8, 4) is 0 Å². The van der Waals surface area contributed by atoms with Gasteiger partial charge in [-0.05, 0) is 23.3 Å². The van der Waals surface area contributed by atoms with E-state index < -0.39 is 0 Å². The van der Waals surface area contributed by atoms with Crippen molar-refractivity contribution >= 4 is 40.4 Å². The normalized spacial score (nSPS) is 10.7. The molecule has 8 heteroatoms. The molecule has 0 spiro atoms. The monoisotopic (exact) mass is 422 g/mol. The van der Waals surface area contributed by atoms with E-state index in [1.165, 1.54) is 5.56 Å². The lowest BCUT2D eigenvalue weighted by Gasteiger charge is -2.07. The second kappa shape index (κ2) is 8.89. The number of anilines is 2. The summed E-state index contributed by atoms with van der Waals surface area (Å²) in [4.78, 5) is 0. The Hall–Kier alpha value is -3.16. The van der Waals surface area contributed by atoms with Crippen molar-refractivity contribution in [3.05, 3.63) is 95.4 Å². The Morgan fingerprint density at radius 3 is 2.14 bits per heavy atom. The van der Waals surface area contributed by atoms with Gasteiger partial charge in [-0.25, -0.2) is 0 Å². The molecule has 2 N–H and O–H groups in total. The Bertz CT molecular complexity index is 1090. The number of hydrogen-bond donors (Lipinski definition) is 2. The Morgan fingerprint density at radius 1 is 0.862 bits per heavy atom. The van der Waals surface area contributed by atoms with Gasteiger partial charge in [-0.1, -0.05) is 72.3 Å². The maximum atomic E-state index is 6.30. The van der Waals surface area contributed by atoms with Crippen LogP contribution >= 0.6 is 23.8 Å². The third-order valence-corrected chi connectivity index (χ3v) is 4.70. The van der Waals surface area contributed by atoms with E-state index >= 15 is 0 Å². The molecule has 0 aliphatic rings. The van der Waals surface area contributed by atoms with Gasteiger partial charge in [0.2, 0.25) is 0 Å². The smallest absolute Gasteiger partial charge is 0.176 e. The minimum Gasteiger partial charge on any atom is -0.330 e. The maximum absolute atomic E-state index is 6.30. The highest BCUT2D eigenvalue weighted by molar-refractivity contribution is 7.80. The van der Waals surface area contributed by atoms with Gasteiger partial charge in [0.1, 0.15) is 5.02 Å². The summed E-state index contributed by atoms with van der Waals surface area (Å²) in [6, 6.07) is 20.2. The molecule has 0 atom stereocenters. The first-order valence-corrected chi connectivity index (χ1v) is 9.85. The lowest BCUT2D eigenvalue weighted by Crippen LogP contribution is -2.19. The van der Waals surface area contributed by atoms with Gasteiger partial charge in [0.05, 0.1) is 25.0 Å². The third-order valence-electron chi connectivity index (χ3n) is 4.21. The van der Waals surface area contributed by atoms with Gasteiger partial charge in [0.15, 0.2) is 10.9 Å². The van der Waals surface area contributed by atoms with Crippen LogP contribution in [0.1, 0.15) is 11.1 Å². The van der Waals surface area contributed by atoms with Crippen molar-refractivity contribution in [2.75, 3.05) is 10.6 Å². The van der Waals surface area contributed by atoms with Crippen molar-refractivity contribution in [2.24, 2.45) is 0 Å². The molecule has 0 radical (unpaired) electrons. The predicted octanol–water partition coefficient (Wildman–Crippen LogP) is 4.64. The quantitative estimate of drug-likeness (QED) is 0.443. The minimum atomic E-state index is 0.399. The molecule has 2 aromatic carbocycles. The van der Waals surface area contributed by atoms with E-state index in [1.807, 2.05) is 59.4 Å². The Morgan fingerprint density at radius 2 is 1.48 bits per heavy atom. The third kappa shape index (κ3) is 5.22. The summed E-state index contributed by atoms with van der Waals surface area (Å²) in [6.45, 7) is 1.33. The molecular weight excluding hydrogens is 404 g/mol. The van der Waals surface area contributed by atoms with Crippen LogP contribution in [0.15, 0.2) is 79.3 Å². The summed E-state index contributed by atoms with van der Waals surface area (Å²) < 4.78 is 3.63. The van der Waals surface area contributed by atoms with E-state index in [-0.39, 0.29) is 0 Å². The van der Waals surface area contributed by atoms with E-state index in [0.29, 0.717) is 29.0 Å². The summed E-state index contributed by atoms with van der Waals surface area (Å²) in [6.07, 6.45) is 5.40. The first kappa shape index (κ1) is 19.2. The van der Waals surface area contributed by atoms with Crippen LogP contribution in [-0.2, 0) is 13.1 Å². The largest absolute Gasteiger partial charge is 0.330 e. The molecule has 0 bridgehead atoms. The summed E-state index contributed by atoms with van der Waals surface area (Å²) >= 11 is 11.7. The molecule has 4 aromatic rings. The van der Waals surface area contributed by atoms with Crippen LogP contribution < -0.4 is 10.6 Å². The highest BCUT2D eigenvalue weighted by Crippen LogP contribution is 2.20. The predicted molar refractivity (Wildman–Crippen MR) is 120 cm³/mol. The number of halogens is 1. The first-order chi connectivity index (χ1) is 14.2. The zero-order valence-corrected chi connectivity index (χ0v) is 17.1. The molecule has 0 aliphatic carbocycles. The number of thiocarbonyl (C=S) groups is 1. The minimum absolute atomic E-state index is 0.399. The molecule has 146 valence electrons. The van der Waals surface area contributed by atoms with Crippen LogP contribution in [-0.4, -0.2) is 24.7 Å². The van der Waals surface area contributed by atoms with Crippen LogP contribution in [0, 0.1) is 0 Å². The average Bonchev–Trinajstić information content (AvgIpc) is 3.29. The van der Waals surface area contributed by atoms with Gasteiger partial charge in [0, 0.05) is 12.4 Å². The van der Waals surface area contributed by atoms with Gasteiger partial charge in [-0.3, -0.25) is 9.36 Å². The van der Waals surface area contributed by atoms with Crippen LogP contribution in [0.4, 0.5) is 11.5 Å². The molecule has 0 saturated heterocycles. The topological polar surface area (TPSA) is 59.7 Å². The molecule has 6 nitrogen and oxygen atoms in total. The van der Waals surface area contributed by atoms with E-state index in [2.05, 4.69) is 33.0 Å². The highest BCUT2D eigenvalue weighted by atomic mass is 35.5. The van der Waals surface area contributed by atoms with Crippen LogP contribution in [0.3, 0.4) is 0 Å². The van der Waals surface area contributed by atoms with E-state index in [9.17, 15) is 0 Å². The zero-order valence-electron chi connectivity index (χ0n) is 15.5. The molecule has 0 saturated carbocycles. The zero-order chi connectivity index (χ0) is 20.1. The van der Waals surface area contributed by atoms with Gasteiger partial charge in [-0.15, -0.1) is 0 Å². The molecule has 0 fully saturated rings. The van der Waals surface area contributed by atoms with Gasteiger partial charge in [-0.2, -0.15) is 10.2 Å². The standard InChI is InChI=1S/C21H19ClN6S/c22-19-15-28(13-17-9-5-2-6-10-17)26-20(19)25-21(29)24-18-11-23-27(14-18)12-16-7-3-1-4-8-16/h1-11,14-15H,12-13H2,(H2,24,25,26,29). The van der Waals surface area contributed by atoms with Gasteiger partial charge in [0.25, 0.3) is 0 Å². The van der Waals surface area contributed by atoms with Crippen LogP contribution in [0.25, 0.3) is 0 Å². The molecule has 2 aromatic heterocycles. The number of nitrogens with one attached hydrogen (secondary N) is 2. The molecule has 29 heavy (non-hydrogen) atoms. The molecule has 0 amide bonds. The number of hydrogen-bond acceptors (Lipinski definition) is 3. The van der Waals surface area contributed by atoms with Crippen LogP contribution in [0.2, 0.25) is 5.02 Å². The van der Waals surface area contributed by atoms with Crippen LogP contribution in [0.5, 0.6) is 0 Å². The summed E-state index contributed by atoms with van der Waals surface area (Å²) in [7, 11) is 0. The summed E-state index contributed by atoms with van der Waals surface area (Å²) in [5.41, 5.74) is 3.11. The molecule has 0 aliphatic heterocycles. The van der Waals surface area contributed by atoms with Crippen molar-refractivity contribution in [3.63, 3.8) is 0 Å². The van der Waals surface area contributed by atoms with Crippen molar-refractivity contribution < 1.29 is 0 Å². The van der Waals surface area contributed by atoms with E-state index in [0.717, 1.165) is 11.3 Å². The van der Waals surface area contributed by atoms with Gasteiger partial charge >= 0.3 is 0 Å².